The zero-order chi connectivity index (χ0) is 23.8. The number of aryl methyl sites for hydroxylation is 1. The Balaban J connectivity index is 1.71. The van der Waals surface area contributed by atoms with Crippen molar-refractivity contribution in [1.29, 1.82) is 0 Å². The number of aromatic nitrogens is 3. The van der Waals surface area contributed by atoms with Crippen molar-refractivity contribution in [1.82, 2.24) is 20.0 Å². The molecule has 11 heteroatoms. The lowest BCUT2D eigenvalue weighted by atomic mass is 9.98. The van der Waals surface area contributed by atoms with Crippen LogP contribution in [0.5, 0.6) is 11.6 Å². The van der Waals surface area contributed by atoms with Crippen molar-refractivity contribution in [2.24, 2.45) is 11.6 Å². The maximum Gasteiger partial charge on any atom is 0.272 e. The molecule has 0 saturated heterocycles. The minimum Gasteiger partial charge on any atom is -0.489 e. The van der Waals surface area contributed by atoms with Gasteiger partial charge in [0.15, 0.2) is 6.61 Å². The molecule has 0 spiro atoms. The number of halogens is 2. The molecule has 0 aromatic carbocycles. The molecule has 1 fully saturated rings. The number of likely N-dealkylation sites (N-methyl/N-ethyl adjacent to an activating group) is 1. The Kier molecular flexibility index (Phi) is 8.58. The highest BCUT2D eigenvalue weighted by Gasteiger charge is 2.17. The summed E-state index contributed by atoms with van der Waals surface area (Å²) in [6.07, 6.45) is 4.81. The number of nitrogens with two attached hydrogens (primary N) is 2. The van der Waals surface area contributed by atoms with E-state index in [1.165, 1.54) is 36.5 Å². The summed E-state index contributed by atoms with van der Waals surface area (Å²) in [6, 6.07) is 5.09. The second-order valence-corrected chi connectivity index (χ2v) is 7.90. The minimum atomic E-state index is -2.59. The van der Waals surface area contributed by atoms with Crippen molar-refractivity contribution in [2.75, 3.05) is 25.5 Å². The van der Waals surface area contributed by atoms with Gasteiger partial charge in [0.05, 0.1) is 35.4 Å². The molecule has 0 amide bonds. The molecule has 3 rings (SSSR count). The van der Waals surface area contributed by atoms with Gasteiger partial charge in [-0.05, 0) is 44.7 Å². The maximum atomic E-state index is 12.3. The maximum absolute atomic E-state index is 12.3. The van der Waals surface area contributed by atoms with E-state index in [-0.39, 0.29) is 24.5 Å². The zero-order valence-electron chi connectivity index (χ0n) is 18.9. The second kappa shape index (κ2) is 11.6. The van der Waals surface area contributed by atoms with Gasteiger partial charge in [0.25, 0.3) is 6.43 Å². The Morgan fingerprint density at radius 3 is 2.64 bits per heavy atom. The van der Waals surface area contributed by atoms with Crippen LogP contribution in [0.4, 0.5) is 14.7 Å². The van der Waals surface area contributed by atoms with E-state index in [1.54, 1.807) is 13.1 Å². The molecule has 1 saturated carbocycles. The summed E-state index contributed by atoms with van der Waals surface area (Å²) in [5.74, 6) is 6.98. The minimum absolute atomic E-state index is 0.0400. The number of ether oxygens (including phenoxy) is 2. The third kappa shape index (κ3) is 7.14. The average Bonchev–Trinajstić information content (AvgIpc) is 2.80. The van der Waals surface area contributed by atoms with Crippen molar-refractivity contribution < 1.29 is 18.3 Å². The molecule has 2 aromatic heterocycles. The number of nitrogens with zero attached hydrogens (tertiary/aromatic N) is 4. The van der Waals surface area contributed by atoms with E-state index in [0.717, 1.165) is 24.3 Å². The average molecular weight is 464 g/mol. The van der Waals surface area contributed by atoms with E-state index < -0.39 is 13.0 Å². The largest absolute Gasteiger partial charge is 0.489 e. The first-order valence-corrected chi connectivity index (χ1v) is 10.9. The van der Waals surface area contributed by atoms with Crippen LogP contribution in [0, 0.1) is 6.92 Å². The highest BCUT2D eigenvalue weighted by molar-refractivity contribution is 5.64. The molecule has 0 radical (unpaired) electrons. The summed E-state index contributed by atoms with van der Waals surface area (Å²) in [5, 5.41) is 4.36. The van der Waals surface area contributed by atoms with Crippen LogP contribution in [-0.4, -0.2) is 52.7 Å². The number of anilines is 1. The summed E-state index contributed by atoms with van der Waals surface area (Å²) in [4.78, 5) is 12.7. The Morgan fingerprint density at radius 2 is 1.97 bits per heavy atom. The quantitative estimate of drug-likeness (QED) is 0.360. The second-order valence-electron chi connectivity index (χ2n) is 7.90. The Bertz CT molecular complexity index is 950. The topological polar surface area (TPSA) is 124 Å². The number of hydrogen-bond acceptors (Lipinski definition) is 9. The first-order chi connectivity index (χ1) is 15.8. The van der Waals surface area contributed by atoms with Gasteiger partial charge in [0.1, 0.15) is 5.75 Å². The number of hydrazine groups is 1. The summed E-state index contributed by atoms with van der Waals surface area (Å²) in [7, 11) is 1.65. The van der Waals surface area contributed by atoms with E-state index in [1.807, 2.05) is 13.0 Å². The smallest absolute Gasteiger partial charge is 0.272 e. The SMILES string of the molecule is Cc1nc(/C(N)=C(\CNc2nccc(OCC(F)F)n2)N(C)N)ccc1OC1CCCCC1. The lowest BCUT2D eigenvalue weighted by Crippen LogP contribution is -2.32. The fourth-order valence-corrected chi connectivity index (χ4v) is 3.56. The predicted octanol–water partition coefficient (Wildman–Crippen LogP) is 3.08. The van der Waals surface area contributed by atoms with Crippen LogP contribution in [0.2, 0.25) is 0 Å². The number of hydrogen-bond donors (Lipinski definition) is 3. The molecule has 0 atom stereocenters. The van der Waals surface area contributed by atoms with Crippen LogP contribution in [0.25, 0.3) is 5.70 Å². The van der Waals surface area contributed by atoms with Crippen molar-refractivity contribution in [3.63, 3.8) is 0 Å². The molecular weight excluding hydrogens is 432 g/mol. The molecule has 0 unspecified atom stereocenters. The number of nitrogens with one attached hydrogen (secondary N) is 1. The van der Waals surface area contributed by atoms with Gasteiger partial charge in [-0.25, -0.2) is 24.6 Å². The normalized spacial score (nSPS) is 15.2. The van der Waals surface area contributed by atoms with Gasteiger partial charge in [0.2, 0.25) is 11.8 Å². The molecule has 0 bridgehead atoms. The highest BCUT2D eigenvalue weighted by atomic mass is 19.3. The highest BCUT2D eigenvalue weighted by Crippen LogP contribution is 2.26. The molecule has 9 nitrogen and oxygen atoms in total. The van der Waals surface area contributed by atoms with Crippen molar-refractivity contribution >= 4 is 11.6 Å². The molecule has 0 aliphatic heterocycles. The van der Waals surface area contributed by atoms with Crippen molar-refractivity contribution in [3.05, 3.63) is 41.5 Å². The van der Waals surface area contributed by atoms with Crippen LogP contribution >= 0.6 is 0 Å². The van der Waals surface area contributed by atoms with Crippen LogP contribution in [0.15, 0.2) is 30.1 Å². The van der Waals surface area contributed by atoms with Crippen LogP contribution in [-0.2, 0) is 0 Å². The number of rotatable bonds is 10. The Hall–Kier alpha value is -3.21. The van der Waals surface area contributed by atoms with Gasteiger partial charge in [-0.15, -0.1) is 0 Å². The first-order valence-electron chi connectivity index (χ1n) is 10.9. The molecule has 2 heterocycles. The Morgan fingerprint density at radius 1 is 1.21 bits per heavy atom. The first kappa shape index (κ1) is 24.4. The number of alkyl halides is 2. The third-order valence-corrected chi connectivity index (χ3v) is 5.30. The monoisotopic (exact) mass is 463 g/mol. The standard InChI is InChI=1S/C22H31F2N7O2/c1-14-18(33-15-6-4-3-5-7-15)9-8-16(29-14)21(25)17(31(2)26)12-28-22-27-11-10-20(30-22)32-13-19(23)24/h8-11,15,19H,3-7,12-13,25-26H2,1-2H3,(H,27,28,30)/b21-17-. The zero-order valence-corrected chi connectivity index (χ0v) is 18.9. The Labute approximate surface area is 192 Å². The molecule has 1 aliphatic rings. The lowest BCUT2D eigenvalue weighted by molar-refractivity contribution is 0.0796. The molecule has 1 aliphatic carbocycles. The lowest BCUT2D eigenvalue weighted by Gasteiger charge is -2.24. The van der Waals surface area contributed by atoms with Crippen LogP contribution in [0.3, 0.4) is 0 Å². The molecule has 5 N–H and O–H groups in total. The number of pyridine rings is 1. The van der Waals surface area contributed by atoms with Gasteiger partial charge < -0.3 is 25.5 Å². The van der Waals surface area contributed by atoms with E-state index in [4.69, 9.17) is 21.1 Å². The third-order valence-electron chi connectivity index (χ3n) is 5.30. The van der Waals surface area contributed by atoms with E-state index in [2.05, 4.69) is 20.3 Å². The molecular formula is C22H31F2N7O2. The van der Waals surface area contributed by atoms with Crippen molar-refractivity contribution in [3.8, 4) is 11.6 Å². The molecule has 33 heavy (non-hydrogen) atoms. The van der Waals surface area contributed by atoms with Gasteiger partial charge in [0, 0.05) is 19.3 Å². The predicted molar refractivity (Wildman–Crippen MR) is 122 cm³/mol. The fourth-order valence-electron chi connectivity index (χ4n) is 3.56. The van der Waals surface area contributed by atoms with Crippen molar-refractivity contribution in [2.45, 2.75) is 51.6 Å². The fraction of sp³-hybridized carbons (Fsp3) is 0.500. The summed E-state index contributed by atoms with van der Waals surface area (Å²) < 4.78 is 35.8. The summed E-state index contributed by atoms with van der Waals surface area (Å²) in [5.41, 5.74) is 8.62. The van der Waals surface area contributed by atoms with Gasteiger partial charge in [-0.1, -0.05) is 6.42 Å². The van der Waals surface area contributed by atoms with E-state index in [9.17, 15) is 8.78 Å². The van der Waals surface area contributed by atoms with Crippen LogP contribution < -0.4 is 26.4 Å². The van der Waals surface area contributed by atoms with Crippen LogP contribution in [0.1, 0.15) is 43.5 Å². The van der Waals surface area contributed by atoms with E-state index in [0.29, 0.717) is 17.1 Å². The van der Waals surface area contributed by atoms with Gasteiger partial charge in [-0.3, -0.25) is 0 Å². The molecule has 2 aromatic rings. The summed E-state index contributed by atoms with van der Waals surface area (Å²) >= 11 is 0. The molecule has 180 valence electrons. The van der Waals surface area contributed by atoms with Gasteiger partial charge in [-0.2, -0.15) is 4.98 Å². The van der Waals surface area contributed by atoms with Gasteiger partial charge >= 0.3 is 0 Å². The van der Waals surface area contributed by atoms with E-state index >= 15 is 0 Å². The summed E-state index contributed by atoms with van der Waals surface area (Å²) in [6.45, 7) is 1.32.